The highest BCUT2D eigenvalue weighted by molar-refractivity contribution is 5.86. The van der Waals surface area contributed by atoms with E-state index >= 15 is 0 Å². The zero-order valence-corrected chi connectivity index (χ0v) is 15.8. The second kappa shape index (κ2) is 7.24. The minimum absolute atomic E-state index is 0.0382. The molecule has 5 rings (SSSR count). The van der Waals surface area contributed by atoms with Crippen LogP contribution in [0, 0.1) is 0 Å². The van der Waals surface area contributed by atoms with E-state index in [0.717, 1.165) is 23.4 Å². The Bertz CT molecular complexity index is 1150. The third-order valence-corrected chi connectivity index (χ3v) is 4.78. The molecule has 0 amide bonds. The molecule has 1 saturated heterocycles. The van der Waals surface area contributed by atoms with Crippen molar-refractivity contribution in [1.29, 1.82) is 0 Å². The van der Waals surface area contributed by atoms with Crippen LogP contribution in [0.4, 0.5) is 20.5 Å². The molecule has 152 valence electrons. The molecule has 9 nitrogen and oxygen atoms in total. The fourth-order valence-electron chi connectivity index (χ4n) is 3.32. The number of fused-ring (bicyclic) bond motifs is 2. The monoisotopic (exact) mass is 401 g/mol. The molecular formula is C18H21F2N9. The number of rotatable bonds is 2. The van der Waals surface area contributed by atoms with Gasteiger partial charge in [-0.15, -0.1) is 5.10 Å². The molecule has 0 unspecified atom stereocenters. The molecule has 1 aliphatic heterocycles. The van der Waals surface area contributed by atoms with Crippen molar-refractivity contribution < 1.29 is 8.78 Å². The van der Waals surface area contributed by atoms with Gasteiger partial charge in [0.15, 0.2) is 11.5 Å². The number of hydrogen-bond acceptors (Lipinski definition) is 7. The molecule has 0 bridgehead atoms. The maximum absolute atomic E-state index is 12.3. The van der Waals surface area contributed by atoms with E-state index in [-0.39, 0.29) is 18.9 Å². The van der Waals surface area contributed by atoms with Crippen LogP contribution in [0.1, 0.15) is 13.3 Å². The van der Waals surface area contributed by atoms with E-state index in [2.05, 4.69) is 20.2 Å². The average Bonchev–Trinajstić information content (AvgIpc) is 3.38. The van der Waals surface area contributed by atoms with Crippen LogP contribution < -0.4 is 11.5 Å². The summed E-state index contributed by atoms with van der Waals surface area (Å²) >= 11 is 0. The van der Waals surface area contributed by atoms with Crippen LogP contribution in [0.25, 0.3) is 22.4 Å². The molecular weight excluding hydrogens is 380 g/mol. The Labute approximate surface area is 165 Å². The number of nitrogen functional groups attached to an aromatic ring is 2. The maximum Gasteiger partial charge on any atom is 0.261 e. The summed E-state index contributed by atoms with van der Waals surface area (Å²) < 4.78 is 28.0. The summed E-state index contributed by atoms with van der Waals surface area (Å²) in [6.07, 6.45) is 5.36. The lowest BCUT2D eigenvalue weighted by Crippen LogP contribution is -2.24. The van der Waals surface area contributed by atoms with E-state index in [4.69, 9.17) is 11.5 Å². The van der Waals surface area contributed by atoms with E-state index in [1.165, 1.54) is 0 Å². The van der Waals surface area contributed by atoms with Crippen molar-refractivity contribution in [3.8, 4) is 11.3 Å². The first-order valence-corrected chi connectivity index (χ1v) is 9.17. The van der Waals surface area contributed by atoms with E-state index in [0.29, 0.717) is 17.9 Å². The van der Waals surface area contributed by atoms with Gasteiger partial charge in [-0.05, 0) is 18.7 Å². The summed E-state index contributed by atoms with van der Waals surface area (Å²) in [5, 5.41) is 8.21. The zero-order chi connectivity index (χ0) is 20.6. The first-order chi connectivity index (χ1) is 13.9. The number of hydrogen-bond donors (Lipinski definition) is 2. The average molecular weight is 401 g/mol. The minimum atomic E-state index is -2.41. The Kier molecular flexibility index (Phi) is 4.74. The highest BCUT2D eigenvalue weighted by atomic mass is 19.3. The first kappa shape index (κ1) is 19.0. The molecule has 1 fully saturated rings. The number of alkyl halides is 2. The van der Waals surface area contributed by atoms with Crippen LogP contribution in [-0.4, -0.2) is 59.7 Å². The SMILES string of the molecule is CCN1CCC(F)(F)C1.Nc1nc(N)c2c(-c3ccn4nccc4n3)ccn2n1. The van der Waals surface area contributed by atoms with Gasteiger partial charge in [-0.2, -0.15) is 10.1 Å². The lowest BCUT2D eigenvalue weighted by Gasteiger charge is -2.11. The smallest absolute Gasteiger partial charge is 0.261 e. The summed E-state index contributed by atoms with van der Waals surface area (Å²) in [5.41, 5.74) is 14.6. The van der Waals surface area contributed by atoms with Gasteiger partial charge in [-0.1, -0.05) is 6.92 Å². The Morgan fingerprint density at radius 2 is 1.90 bits per heavy atom. The molecule has 29 heavy (non-hydrogen) atoms. The van der Waals surface area contributed by atoms with Gasteiger partial charge in [-0.3, -0.25) is 4.90 Å². The molecule has 4 N–H and O–H groups in total. The number of nitrogens with zero attached hydrogens (tertiary/aromatic N) is 7. The normalized spacial score (nSPS) is 16.2. The van der Waals surface area contributed by atoms with E-state index < -0.39 is 5.92 Å². The molecule has 0 aromatic carbocycles. The van der Waals surface area contributed by atoms with Gasteiger partial charge >= 0.3 is 0 Å². The molecule has 0 spiro atoms. The van der Waals surface area contributed by atoms with Gasteiger partial charge in [0.1, 0.15) is 5.52 Å². The Hall–Kier alpha value is -3.34. The topological polar surface area (TPSA) is 116 Å². The standard InChI is InChI=1S/C12H10N8.C6H11F2N/c13-11-10-7(2-5-20(10)18-12(14)17-11)8-3-6-19-9(16-8)1-4-15-19;1-2-9-4-3-6(7,8)5-9/h1-6H,(H4,13,14,17,18);2-5H2,1H3. The van der Waals surface area contributed by atoms with E-state index in [1.54, 1.807) is 26.3 Å². The number of nitrogens with two attached hydrogens (primary N) is 2. The predicted molar refractivity (Wildman–Crippen MR) is 105 cm³/mol. The Morgan fingerprint density at radius 1 is 1.10 bits per heavy atom. The summed E-state index contributed by atoms with van der Waals surface area (Å²) in [6, 6.07) is 5.58. The molecule has 4 aromatic heterocycles. The molecule has 4 aromatic rings. The van der Waals surface area contributed by atoms with Gasteiger partial charge in [0.2, 0.25) is 5.95 Å². The van der Waals surface area contributed by atoms with E-state index in [9.17, 15) is 8.78 Å². The largest absolute Gasteiger partial charge is 0.382 e. The second-order valence-corrected chi connectivity index (χ2v) is 6.80. The summed E-state index contributed by atoms with van der Waals surface area (Å²) in [5.74, 6) is -1.94. The predicted octanol–water partition coefficient (Wildman–Crippen LogP) is 1.95. The third kappa shape index (κ3) is 3.81. The van der Waals surface area contributed by atoms with Crippen molar-refractivity contribution in [3.05, 3.63) is 36.8 Å². The van der Waals surface area contributed by atoms with Crippen LogP contribution in [0.5, 0.6) is 0 Å². The van der Waals surface area contributed by atoms with Crippen molar-refractivity contribution in [2.75, 3.05) is 31.1 Å². The number of anilines is 2. The van der Waals surface area contributed by atoms with Crippen molar-refractivity contribution in [3.63, 3.8) is 0 Å². The summed E-state index contributed by atoms with van der Waals surface area (Å²) in [4.78, 5) is 10.3. The van der Waals surface area contributed by atoms with Gasteiger partial charge in [0.25, 0.3) is 5.92 Å². The second-order valence-electron chi connectivity index (χ2n) is 6.80. The molecule has 0 radical (unpaired) electrons. The lowest BCUT2D eigenvalue weighted by molar-refractivity contribution is 0.0127. The Morgan fingerprint density at radius 3 is 2.59 bits per heavy atom. The van der Waals surface area contributed by atoms with Crippen LogP contribution in [0.3, 0.4) is 0 Å². The van der Waals surface area contributed by atoms with Crippen LogP contribution in [0.15, 0.2) is 36.8 Å². The number of halogens is 2. The van der Waals surface area contributed by atoms with Crippen LogP contribution in [0.2, 0.25) is 0 Å². The van der Waals surface area contributed by atoms with Crippen molar-refractivity contribution in [1.82, 2.24) is 34.1 Å². The summed E-state index contributed by atoms with van der Waals surface area (Å²) in [6.45, 7) is 3.17. The zero-order valence-electron chi connectivity index (χ0n) is 15.8. The molecule has 5 heterocycles. The number of likely N-dealkylation sites (tertiary alicyclic amines) is 1. The van der Waals surface area contributed by atoms with Gasteiger partial charge in [0.05, 0.1) is 18.4 Å². The number of aromatic nitrogens is 6. The van der Waals surface area contributed by atoms with Crippen molar-refractivity contribution in [2.24, 2.45) is 0 Å². The highest BCUT2D eigenvalue weighted by Gasteiger charge is 2.37. The first-order valence-electron chi connectivity index (χ1n) is 9.17. The lowest BCUT2D eigenvalue weighted by atomic mass is 10.2. The highest BCUT2D eigenvalue weighted by Crippen LogP contribution is 2.27. The minimum Gasteiger partial charge on any atom is -0.382 e. The molecule has 0 aliphatic carbocycles. The molecule has 11 heteroatoms. The summed E-state index contributed by atoms with van der Waals surface area (Å²) in [7, 11) is 0. The third-order valence-electron chi connectivity index (χ3n) is 4.78. The van der Waals surface area contributed by atoms with Gasteiger partial charge < -0.3 is 11.5 Å². The maximum atomic E-state index is 12.3. The van der Waals surface area contributed by atoms with Gasteiger partial charge in [-0.25, -0.2) is 22.8 Å². The van der Waals surface area contributed by atoms with E-state index in [1.807, 2.05) is 31.3 Å². The molecule has 0 saturated carbocycles. The van der Waals surface area contributed by atoms with Crippen LogP contribution in [-0.2, 0) is 0 Å². The fraction of sp³-hybridized carbons (Fsp3) is 0.333. The quantitative estimate of drug-likeness (QED) is 0.527. The fourth-order valence-corrected chi connectivity index (χ4v) is 3.32. The van der Waals surface area contributed by atoms with Gasteiger partial charge in [0, 0.05) is 37.0 Å². The molecule has 1 aliphatic rings. The van der Waals surface area contributed by atoms with Crippen molar-refractivity contribution >= 4 is 22.9 Å². The molecule has 0 atom stereocenters. The van der Waals surface area contributed by atoms with Crippen molar-refractivity contribution in [2.45, 2.75) is 19.3 Å². The van der Waals surface area contributed by atoms with Crippen LogP contribution >= 0.6 is 0 Å². The Balaban J connectivity index is 0.000000192.